The molecule has 6 aromatic carbocycles. The molecule has 0 saturated heterocycles. The van der Waals surface area contributed by atoms with Crippen molar-refractivity contribution in [3.05, 3.63) is 152 Å². The molecule has 0 aliphatic rings. The first-order valence-corrected chi connectivity index (χ1v) is 14.3. The van der Waals surface area contributed by atoms with E-state index in [1.165, 1.54) is 60.2 Å². The second kappa shape index (κ2) is 8.92. The fraction of sp³-hybridized carbons (Fsp3) is 0. The molecule has 0 atom stereocenters. The lowest BCUT2D eigenvalue weighted by Gasteiger charge is -2.13. The number of pyridine rings is 1. The van der Waals surface area contributed by atoms with Crippen LogP contribution in [0, 0.1) is 0 Å². The third kappa shape index (κ3) is 3.25. The largest absolute Gasteiger partial charge is 0.309 e. The van der Waals surface area contributed by atoms with Crippen molar-refractivity contribution in [3.8, 4) is 22.6 Å². The normalized spacial score (nSPS) is 11.8. The average molecular weight is 536 g/mol. The molecule has 9 aromatic rings. The van der Waals surface area contributed by atoms with Crippen molar-refractivity contribution in [2.24, 2.45) is 0 Å². The zero-order valence-corrected chi connectivity index (χ0v) is 22.8. The molecule has 9 rings (SSSR count). The molecule has 3 nitrogen and oxygen atoms in total. The first kappa shape index (κ1) is 23.1. The molecule has 0 unspecified atom stereocenters. The Labute approximate surface area is 242 Å². The van der Waals surface area contributed by atoms with E-state index in [1.807, 2.05) is 18.3 Å². The van der Waals surface area contributed by atoms with Crippen molar-refractivity contribution in [1.82, 2.24) is 14.1 Å². The van der Waals surface area contributed by atoms with Gasteiger partial charge in [-0.2, -0.15) is 0 Å². The predicted octanol–water partition coefficient (Wildman–Crippen LogP) is 10.1. The third-order valence-electron chi connectivity index (χ3n) is 8.56. The predicted molar refractivity (Wildman–Crippen MR) is 176 cm³/mol. The van der Waals surface area contributed by atoms with Crippen molar-refractivity contribution in [2.45, 2.75) is 0 Å². The first-order chi connectivity index (χ1) is 20.9. The van der Waals surface area contributed by atoms with Gasteiger partial charge in [0.2, 0.25) is 0 Å². The van der Waals surface area contributed by atoms with E-state index in [1.54, 1.807) is 0 Å². The molecule has 0 aliphatic carbocycles. The highest BCUT2D eigenvalue weighted by Crippen LogP contribution is 2.42. The van der Waals surface area contributed by atoms with Gasteiger partial charge in [0.05, 0.1) is 22.1 Å². The molecule has 0 fully saturated rings. The van der Waals surface area contributed by atoms with E-state index in [0.717, 1.165) is 16.9 Å². The maximum absolute atomic E-state index is 4.70. The monoisotopic (exact) mass is 535 g/mol. The molecule has 0 amide bonds. The number of para-hydroxylation sites is 3. The fourth-order valence-corrected chi connectivity index (χ4v) is 6.80. The van der Waals surface area contributed by atoms with Gasteiger partial charge in [0.1, 0.15) is 5.82 Å². The standard InChI is InChI=1S/C39H25N3/c1-2-12-27(13-3-1)41-35-19-9-7-17-31(35)39-30-16-5-4-14-28(30)32(25-37(39)41)26-21-22-36-33(24-26)29-15-6-8-18-34(29)42(36)38-20-10-11-23-40-38/h1-25H. The topological polar surface area (TPSA) is 22.8 Å². The number of hydrogen-bond donors (Lipinski definition) is 0. The van der Waals surface area contributed by atoms with Crippen LogP contribution in [0.5, 0.6) is 0 Å². The van der Waals surface area contributed by atoms with Crippen LogP contribution in [0.3, 0.4) is 0 Å². The maximum atomic E-state index is 4.70. The van der Waals surface area contributed by atoms with Crippen LogP contribution in [0.4, 0.5) is 0 Å². The summed E-state index contributed by atoms with van der Waals surface area (Å²) in [5.41, 5.74) is 8.35. The molecular weight excluding hydrogens is 510 g/mol. The Morgan fingerprint density at radius 2 is 1.05 bits per heavy atom. The quantitative estimate of drug-likeness (QED) is 0.221. The third-order valence-corrected chi connectivity index (χ3v) is 8.56. The number of rotatable bonds is 3. The van der Waals surface area contributed by atoms with E-state index in [4.69, 9.17) is 4.98 Å². The molecule has 0 aliphatic heterocycles. The second-order valence-electron chi connectivity index (χ2n) is 10.8. The molecule has 0 radical (unpaired) electrons. The molecule has 3 aromatic heterocycles. The summed E-state index contributed by atoms with van der Waals surface area (Å²) < 4.78 is 4.68. The van der Waals surface area contributed by atoms with E-state index < -0.39 is 0 Å². The Kier molecular flexibility index (Phi) is 4.90. The van der Waals surface area contributed by atoms with Crippen molar-refractivity contribution >= 4 is 54.4 Å². The van der Waals surface area contributed by atoms with E-state index in [9.17, 15) is 0 Å². The first-order valence-electron chi connectivity index (χ1n) is 14.3. The highest BCUT2D eigenvalue weighted by Gasteiger charge is 2.19. The molecule has 0 saturated carbocycles. The minimum Gasteiger partial charge on any atom is -0.309 e. The smallest absolute Gasteiger partial charge is 0.137 e. The lowest BCUT2D eigenvalue weighted by molar-refractivity contribution is 1.08. The van der Waals surface area contributed by atoms with Crippen LogP contribution in [0.15, 0.2) is 152 Å². The van der Waals surface area contributed by atoms with Crippen LogP contribution >= 0.6 is 0 Å². The minimum atomic E-state index is 0.927. The Balaban J connectivity index is 1.39. The summed E-state index contributed by atoms with van der Waals surface area (Å²) in [5.74, 6) is 0.927. The number of fused-ring (bicyclic) bond motifs is 8. The molecule has 3 heteroatoms. The van der Waals surface area contributed by atoms with Crippen molar-refractivity contribution in [2.75, 3.05) is 0 Å². The SMILES string of the molecule is c1ccc(-n2c3ccccc3c3c4ccccc4c(-c4ccc5c(c4)c4ccccc4n5-c4ccccn4)cc32)cc1. The van der Waals surface area contributed by atoms with Gasteiger partial charge in [0, 0.05) is 33.4 Å². The van der Waals surface area contributed by atoms with Gasteiger partial charge >= 0.3 is 0 Å². The van der Waals surface area contributed by atoms with Gasteiger partial charge in [-0.25, -0.2) is 4.98 Å². The van der Waals surface area contributed by atoms with E-state index in [2.05, 4.69) is 143 Å². The van der Waals surface area contributed by atoms with E-state index in [-0.39, 0.29) is 0 Å². The summed E-state index contributed by atoms with van der Waals surface area (Å²) >= 11 is 0. The van der Waals surface area contributed by atoms with Gasteiger partial charge in [0.25, 0.3) is 0 Å². The Morgan fingerprint density at radius 3 is 1.83 bits per heavy atom. The van der Waals surface area contributed by atoms with Gasteiger partial charge in [-0.05, 0) is 76.5 Å². The lowest BCUT2D eigenvalue weighted by atomic mass is 9.94. The summed E-state index contributed by atoms with van der Waals surface area (Å²) in [5, 5.41) is 7.54. The van der Waals surface area contributed by atoms with Crippen molar-refractivity contribution in [3.63, 3.8) is 0 Å². The Hall–Kier alpha value is -5.67. The number of benzene rings is 6. The van der Waals surface area contributed by atoms with Crippen LogP contribution in [0.2, 0.25) is 0 Å². The zero-order chi connectivity index (χ0) is 27.6. The highest BCUT2D eigenvalue weighted by atomic mass is 15.1. The van der Waals surface area contributed by atoms with Gasteiger partial charge in [0.15, 0.2) is 0 Å². The van der Waals surface area contributed by atoms with Crippen LogP contribution in [0.1, 0.15) is 0 Å². The summed E-state index contributed by atoms with van der Waals surface area (Å²) in [4.78, 5) is 4.70. The molecule has 0 spiro atoms. The molecule has 3 heterocycles. The van der Waals surface area contributed by atoms with Crippen molar-refractivity contribution < 1.29 is 0 Å². The molecular formula is C39H25N3. The van der Waals surface area contributed by atoms with Crippen LogP contribution in [-0.2, 0) is 0 Å². The number of nitrogens with zero attached hydrogens (tertiary/aromatic N) is 3. The minimum absolute atomic E-state index is 0.927. The average Bonchev–Trinajstić information content (AvgIpc) is 3.58. The van der Waals surface area contributed by atoms with E-state index in [0.29, 0.717) is 0 Å². The Bertz CT molecular complexity index is 2450. The Morgan fingerprint density at radius 1 is 0.405 bits per heavy atom. The maximum Gasteiger partial charge on any atom is 0.137 e. The zero-order valence-electron chi connectivity index (χ0n) is 22.8. The molecule has 0 bridgehead atoms. The number of aromatic nitrogens is 3. The van der Waals surface area contributed by atoms with Gasteiger partial charge in [-0.3, -0.25) is 4.57 Å². The van der Waals surface area contributed by atoms with Gasteiger partial charge < -0.3 is 4.57 Å². The second-order valence-corrected chi connectivity index (χ2v) is 10.8. The van der Waals surface area contributed by atoms with Gasteiger partial charge in [-0.15, -0.1) is 0 Å². The van der Waals surface area contributed by atoms with Crippen LogP contribution < -0.4 is 0 Å². The van der Waals surface area contributed by atoms with Crippen LogP contribution in [-0.4, -0.2) is 14.1 Å². The summed E-state index contributed by atoms with van der Waals surface area (Å²) in [6.45, 7) is 0. The highest BCUT2D eigenvalue weighted by molar-refractivity contribution is 6.24. The fourth-order valence-electron chi connectivity index (χ4n) is 6.80. The molecule has 196 valence electrons. The molecule has 42 heavy (non-hydrogen) atoms. The molecule has 0 N–H and O–H groups in total. The van der Waals surface area contributed by atoms with E-state index >= 15 is 0 Å². The summed E-state index contributed by atoms with van der Waals surface area (Å²) in [6.07, 6.45) is 1.86. The van der Waals surface area contributed by atoms with Crippen LogP contribution in [0.25, 0.3) is 77.0 Å². The lowest BCUT2D eigenvalue weighted by Crippen LogP contribution is -1.96. The van der Waals surface area contributed by atoms with Crippen molar-refractivity contribution in [1.29, 1.82) is 0 Å². The summed E-state index contributed by atoms with van der Waals surface area (Å²) in [7, 11) is 0. The summed E-state index contributed by atoms with van der Waals surface area (Å²) in [6, 6.07) is 52.3. The number of hydrogen-bond acceptors (Lipinski definition) is 1. The van der Waals surface area contributed by atoms with Gasteiger partial charge in [-0.1, -0.05) is 91.0 Å².